The van der Waals surface area contributed by atoms with Gasteiger partial charge in [-0.2, -0.15) is 0 Å². The quantitative estimate of drug-likeness (QED) is 0.165. The minimum Gasteiger partial charge on any atom is -0.481 e. The molecule has 15 rings (SSSR count). The molecule has 4 aliphatic rings. The second-order valence-corrected chi connectivity index (χ2v) is 24.3. The van der Waals surface area contributed by atoms with E-state index in [1.165, 1.54) is 61.3 Å². The molecule has 3 atom stereocenters. The van der Waals surface area contributed by atoms with E-state index >= 15 is 0 Å². The zero-order valence-electron chi connectivity index (χ0n) is 45.6. The summed E-state index contributed by atoms with van der Waals surface area (Å²) in [5, 5.41) is 6.77. The van der Waals surface area contributed by atoms with E-state index < -0.39 is 0 Å². The molecule has 0 amide bonds. The first kappa shape index (κ1) is 46.8. The Hall–Kier alpha value is -8.48. The molecule has 0 saturated carbocycles. The van der Waals surface area contributed by atoms with Gasteiger partial charge in [0.25, 0.3) is 0 Å². The highest BCUT2D eigenvalue weighted by atomic mass is 16.5. The normalized spacial score (nSPS) is 17.5. The average molecular weight is 1020 g/mol. The topological polar surface area (TPSA) is 55.1 Å². The number of ether oxygens (including phenoxy) is 1. The van der Waals surface area contributed by atoms with Gasteiger partial charge in [0.1, 0.15) is 28.3 Å². The third-order valence-corrected chi connectivity index (χ3v) is 17.3. The molecule has 6 heteroatoms. The van der Waals surface area contributed by atoms with E-state index in [-0.39, 0.29) is 28.9 Å². The standard InChI is InChI=1S/C72H62N2O4/c1-41-17-9-11-25-59(41)73(61-27-15-21-51-49-19-13-23-57(71(3,4)5)65(49)77-67(51)61)47-31-29-43-37-55-53-33-34-54-56-38-44-30-32-48(36-46(44)40-64(56)76-70(54)69(53)75-63(55)39-45(43)35-47)74(60-26-12-10-18-42(60)2)62-28-16-22-52-50-20-14-24-58(72(6,7)8)66(50)78-68(52)62/h9-27,29,31,33-40,54,62,70H,28,30,32H2,1-8H3. The lowest BCUT2D eigenvalue weighted by atomic mass is 9.84. The van der Waals surface area contributed by atoms with Crippen LogP contribution in [0.15, 0.2) is 177 Å². The average Bonchev–Trinajstić information content (AvgIpc) is 4.42. The number of furan rings is 3. The van der Waals surface area contributed by atoms with Gasteiger partial charge in [-0.1, -0.05) is 163 Å². The van der Waals surface area contributed by atoms with Crippen molar-refractivity contribution in [3.8, 4) is 5.75 Å². The van der Waals surface area contributed by atoms with Crippen LogP contribution in [0.25, 0.3) is 72.9 Å². The highest BCUT2D eigenvalue weighted by Gasteiger charge is 2.42. The van der Waals surface area contributed by atoms with Crippen molar-refractivity contribution < 1.29 is 18.0 Å². The van der Waals surface area contributed by atoms with Gasteiger partial charge in [-0.25, -0.2) is 0 Å². The van der Waals surface area contributed by atoms with Crippen LogP contribution >= 0.6 is 0 Å². The van der Waals surface area contributed by atoms with Gasteiger partial charge in [0.15, 0.2) is 17.4 Å². The lowest BCUT2D eigenvalue weighted by Gasteiger charge is -2.38. The number of hydrogen-bond acceptors (Lipinski definition) is 6. The van der Waals surface area contributed by atoms with E-state index in [1.807, 2.05) is 0 Å². The van der Waals surface area contributed by atoms with Gasteiger partial charge in [-0.05, 0) is 132 Å². The molecule has 78 heavy (non-hydrogen) atoms. The van der Waals surface area contributed by atoms with Crippen LogP contribution in [0.3, 0.4) is 0 Å². The number of aryl methyl sites for hydroxylation is 3. The van der Waals surface area contributed by atoms with Gasteiger partial charge < -0.3 is 27.8 Å². The zero-order chi connectivity index (χ0) is 52.9. The monoisotopic (exact) mass is 1020 g/mol. The van der Waals surface area contributed by atoms with E-state index in [2.05, 4.69) is 241 Å². The van der Waals surface area contributed by atoms with Crippen LogP contribution in [0.4, 0.5) is 22.7 Å². The van der Waals surface area contributed by atoms with Crippen molar-refractivity contribution in [2.75, 3.05) is 9.80 Å². The third-order valence-electron chi connectivity index (χ3n) is 17.3. The molecule has 6 nitrogen and oxygen atoms in total. The van der Waals surface area contributed by atoms with Gasteiger partial charge in [0.05, 0.1) is 17.6 Å². The molecular weight excluding hydrogens is 957 g/mol. The predicted molar refractivity (Wildman–Crippen MR) is 322 cm³/mol. The van der Waals surface area contributed by atoms with Crippen molar-refractivity contribution in [1.29, 1.82) is 0 Å². The molecule has 3 aromatic heterocycles. The van der Waals surface area contributed by atoms with Crippen LogP contribution in [0, 0.1) is 13.8 Å². The molecule has 0 radical (unpaired) electrons. The maximum absolute atomic E-state index is 7.08. The number of fused-ring (bicyclic) bond motifs is 15. The Kier molecular flexibility index (Phi) is 10.2. The van der Waals surface area contributed by atoms with Crippen LogP contribution in [0.2, 0.25) is 0 Å². The molecule has 4 heterocycles. The smallest absolute Gasteiger partial charge is 0.167 e. The van der Waals surface area contributed by atoms with Crippen molar-refractivity contribution in [3.05, 3.63) is 225 Å². The minimum atomic E-state index is -0.264. The zero-order valence-corrected chi connectivity index (χ0v) is 45.6. The molecule has 3 aliphatic carbocycles. The highest BCUT2D eigenvalue weighted by Crippen LogP contribution is 2.55. The third kappa shape index (κ3) is 7.14. The SMILES string of the molecule is Cc1ccccc1N(c1ccc2cc3c4c(oc3cc2c1)C1Oc2cc3c(cc2C1C=C4)CCC(N(c1ccccc1C)C1CC=Cc2c1oc1c(C(C)(C)C)cccc21)=C3)c1cccc2c1oc1c(C(C)(C)C)cccc12. The Morgan fingerprint density at radius 3 is 1.97 bits per heavy atom. The summed E-state index contributed by atoms with van der Waals surface area (Å²) in [4.78, 5) is 4.93. The van der Waals surface area contributed by atoms with Crippen molar-refractivity contribution in [2.24, 2.45) is 0 Å². The first-order valence-corrected chi connectivity index (χ1v) is 27.9. The van der Waals surface area contributed by atoms with Crippen molar-refractivity contribution in [1.82, 2.24) is 0 Å². The highest BCUT2D eigenvalue weighted by molar-refractivity contribution is 6.12. The lowest BCUT2D eigenvalue weighted by Crippen LogP contribution is -2.30. The van der Waals surface area contributed by atoms with Gasteiger partial charge in [-0.15, -0.1) is 0 Å². The predicted octanol–water partition coefficient (Wildman–Crippen LogP) is 20.1. The molecular formula is C72H62N2O4. The lowest BCUT2D eigenvalue weighted by molar-refractivity contribution is 0.193. The Balaban J connectivity index is 0.784. The number of benzene rings is 8. The van der Waals surface area contributed by atoms with Gasteiger partial charge >= 0.3 is 0 Å². The molecule has 8 aromatic carbocycles. The summed E-state index contributed by atoms with van der Waals surface area (Å²) in [6, 6.07) is 53.1. The summed E-state index contributed by atoms with van der Waals surface area (Å²) in [6.45, 7) is 18.0. The molecule has 0 fully saturated rings. The number of para-hydroxylation sites is 5. The molecule has 1 aliphatic heterocycles. The minimum absolute atomic E-state index is 0.000663. The number of rotatable bonds is 6. The summed E-state index contributed by atoms with van der Waals surface area (Å²) in [5.41, 5.74) is 20.1. The number of allylic oxidation sites excluding steroid dienone is 1. The number of nitrogens with zero attached hydrogens (tertiary/aromatic N) is 2. The summed E-state index contributed by atoms with van der Waals surface area (Å²) in [5.74, 6) is 2.91. The largest absolute Gasteiger partial charge is 0.481 e. The Morgan fingerprint density at radius 1 is 0.538 bits per heavy atom. The van der Waals surface area contributed by atoms with E-state index in [9.17, 15) is 0 Å². The summed E-state index contributed by atoms with van der Waals surface area (Å²) in [7, 11) is 0. The molecule has 384 valence electrons. The molecule has 11 aromatic rings. The second-order valence-electron chi connectivity index (χ2n) is 24.3. The first-order valence-electron chi connectivity index (χ1n) is 27.9. The fourth-order valence-electron chi connectivity index (χ4n) is 13.4. The van der Waals surface area contributed by atoms with Crippen LogP contribution in [0.5, 0.6) is 5.75 Å². The summed E-state index contributed by atoms with van der Waals surface area (Å²) in [6.07, 6.45) is 14.1. The summed E-state index contributed by atoms with van der Waals surface area (Å²) >= 11 is 0. The molecule has 3 unspecified atom stereocenters. The fourth-order valence-corrected chi connectivity index (χ4v) is 13.4. The maximum atomic E-state index is 7.08. The van der Waals surface area contributed by atoms with Crippen molar-refractivity contribution in [2.45, 2.75) is 104 Å². The number of hydrogen-bond donors (Lipinski definition) is 0. The van der Waals surface area contributed by atoms with Gasteiger partial charge in [-0.3, -0.25) is 0 Å². The Labute approximate surface area is 455 Å². The molecule has 0 saturated heterocycles. The maximum Gasteiger partial charge on any atom is 0.167 e. The second kappa shape index (κ2) is 17.0. The van der Waals surface area contributed by atoms with Crippen molar-refractivity contribution in [3.63, 3.8) is 0 Å². The fraction of sp³-hybridized carbons (Fsp3) is 0.222. The van der Waals surface area contributed by atoms with E-state index in [0.717, 1.165) is 108 Å². The van der Waals surface area contributed by atoms with Crippen LogP contribution in [-0.4, -0.2) is 0 Å². The van der Waals surface area contributed by atoms with Gasteiger partial charge in [0.2, 0.25) is 0 Å². The molecule has 0 N–H and O–H groups in total. The van der Waals surface area contributed by atoms with E-state index in [4.69, 9.17) is 18.0 Å². The molecule has 0 bridgehead atoms. The Morgan fingerprint density at radius 2 is 1.22 bits per heavy atom. The van der Waals surface area contributed by atoms with E-state index in [1.54, 1.807) is 0 Å². The summed E-state index contributed by atoms with van der Waals surface area (Å²) < 4.78 is 28.1. The first-order chi connectivity index (χ1) is 37.7. The molecule has 0 spiro atoms. The van der Waals surface area contributed by atoms with Crippen molar-refractivity contribution >= 4 is 95.6 Å². The number of anilines is 4. The van der Waals surface area contributed by atoms with Crippen LogP contribution in [0.1, 0.15) is 134 Å². The van der Waals surface area contributed by atoms with Crippen LogP contribution < -0.4 is 14.5 Å². The Bertz CT molecular complexity index is 4420. The van der Waals surface area contributed by atoms with Crippen LogP contribution in [-0.2, 0) is 17.3 Å². The van der Waals surface area contributed by atoms with E-state index in [0.29, 0.717) is 0 Å². The van der Waals surface area contributed by atoms with Gasteiger partial charge in [0, 0.05) is 72.1 Å².